The molecule has 0 radical (unpaired) electrons. The van der Waals surface area contributed by atoms with Crippen LogP contribution in [0.1, 0.15) is 29.7 Å². The van der Waals surface area contributed by atoms with E-state index in [2.05, 4.69) is 12.2 Å². The van der Waals surface area contributed by atoms with Crippen molar-refractivity contribution in [1.29, 1.82) is 0 Å². The molecule has 1 aliphatic heterocycles. The van der Waals surface area contributed by atoms with E-state index in [0.717, 1.165) is 11.1 Å². The van der Waals surface area contributed by atoms with Crippen LogP contribution in [0.3, 0.4) is 0 Å². The molecule has 8 heteroatoms. The lowest BCUT2D eigenvalue weighted by molar-refractivity contribution is -0.115. The average molecular weight is 419 g/mol. The number of carbonyl (C=O) groups is 1. The molecule has 160 valence electrons. The number of hydrogen-bond acceptors (Lipinski definition) is 6. The molecule has 1 unspecified atom stereocenters. The van der Waals surface area contributed by atoms with Gasteiger partial charge in [-0.3, -0.25) is 4.79 Å². The van der Waals surface area contributed by atoms with E-state index >= 15 is 0 Å². The van der Waals surface area contributed by atoms with Gasteiger partial charge in [0.1, 0.15) is 17.5 Å². The van der Waals surface area contributed by atoms with E-state index in [1.54, 1.807) is 38.0 Å². The molecule has 0 saturated heterocycles. The molecule has 0 spiro atoms. The first-order valence-corrected chi connectivity index (χ1v) is 9.87. The Morgan fingerprint density at radius 1 is 1.06 bits per heavy atom. The van der Waals surface area contributed by atoms with Gasteiger partial charge >= 0.3 is 0 Å². The summed E-state index contributed by atoms with van der Waals surface area (Å²) in [6.07, 6.45) is 0. The third-order valence-electron chi connectivity index (χ3n) is 5.61. The van der Waals surface area contributed by atoms with Crippen molar-refractivity contribution in [2.75, 3.05) is 19.5 Å². The van der Waals surface area contributed by atoms with Gasteiger partial charge in [-0.2, -0.15) is 4.98 Å². The van der Waals surface area contributed by atoms with Gasteiger partial charge in [-0.1, -0.05) is 12.1 Å². The van der Waals surface area contributed by atoms with Crippen LogP contribution in [0, 0.1) is 13.8 Å². The monoisotopic (exact) mass is 419 g/mol. The largest absolute Gasteiger partial charge is 0.497 e. The zero-order valence-corrected chi connectivity index (χ0v) is 18.2. The fourth-order valence-electron chi connectivity index (χ4n) is 3.81. The zero-order valence-electron chi connectivity index (χ0n) is 18.2. The number of fused-ring (bicyclic) bond motifs is 1. The van der Waals surface area contributed by atoms with Gasteiger partial charge in [-0.25, -0.2) is 4.68 Å². The second kappa shape index (κ2) is 7.79. The van der Waals surface area contributed by atoms with Gasteiger partial charge in [0.15, 0.2) is 5.82 Å². The number of nitrogens with two attached hydrogens (primary N) is 1. The Morgan fingerprint density at radius 3 is 2.48 bits per heavy atom. The summed E-state index contributed by atoms with van der Waals surface area (Å²) >= 11 is 0. The number of hydrogen-bond donors (Lipinski definition) is 2. The number of amides is 1. The van der Waals surface area contributed by atoms with E-state index < -0.39 is 11.9 Å². The fraction of sp³-hybridized carbons (Fsp3) is 0.261. The highest BCUT2D eigenvalue weighted by atomic mass is 16.5. The smallest absolute Gasteiger partial charge is 0.248 e. The molecule has 3 N–H and O–H groups in total. The van der Waals surface area contributed by atoms with Crippen molar-refractivity contribution in [3.63, 3.8) is 0 Å². The second-order valence-electron chi connectivity index (χ2n) is 7.54. The van der Waals surface area contributed by atoms with Crippen LogP contribution in [0.2, 0.25) is 0 Å². The van der Waals surface area contributed by atoms with Crippen LogP contribution < -0.4 is 20.5 Å². The molecule has 2 aromatic carbocycles. The predicted octanol–water partition coefficient (Wildman–Crippen LogP) is 3.35. The Balaban J connectivity index is 1.93. The summed E-state index contributed by atoms with van der Waals surface area (Å²) < 4.78 is 12.7. The summed E-state index contributed by atoms with van der Waals surface area (Å²) in [5, 5.41) is 7.92. The number of ether oxygens (including phenoxy) is 2. The van der Waals surface area contributed by atoms with Crippen LogP contribution in [0.4, 0.5) is 5.95 Å². The maximum Gasteiger partial charge on any atom is 0.248 e. The number of rotatable bonds is 5. The molecule has 2 heterocycles. The molecule has 1 aliphatic rings. The minimum Gasteiger partial charge on any atom is -0.497 e. The van der Waals surface area contributed by atoms with Crippen molar-refractivity contribution >= 4 is 11.9 Å². The molecule has 0 saturated carbocycles. The molecule has 31 heavy (non-hydrogen) atoms. The van der Waals surface area contributed by atoms with Crippen LogP contribution in [-0.2, 0) is 4.79 Å². The predicted molar refractivity (Wildman–Crippen MR) is 118 cm³/mol. The van der Waals surface area contributed by atoms with Crippen molar-refractivity contribution in [2.24, 2.45) is 5.73 Å². The van der Waals surface area contributed by atoms with E-state index in [0.29, 0.717) is 40.1 Å². The maximum absolute atomic E-state index is 12.5. The Morgan fingerprint density at radius 2 is 1.84 bits per heavy atom. The molecule has 1 aromatic heterocycles. The lowest BCUT2D eigenvalue weighted by atomic mass is 9.94. The Labute approximate surface area is 180 Å². The van der Waals surface area contributed by atoms with Gasteiger partial charge in [0, 0.05) is 16.8 Å². The summed E-state index contributed by atoms with van der Waals surface area (Å²) in [5.41, 5.74) is 10.7. The van der Waals surface area contributed by atoms with Gasteiger partial charge in [-0.15, -0.1) is 5.10 Å². The first-order chi connectivity index (χ1) is 14.8. The van der Waals surface area contributed by atoms with Crippen LogP contribution in [-0.4, -0.2) is 34.9 Å². The Kier molecular flexibility index (Phi) is 5.14. The number of allylic oxidation sites excluding steroid dienone is 1. The van der Waals surface area contributed by atoms with Crippen LogP contribution in [0.5, 0.6) is 11.5 Å². The lowest BCUT2D eigenvalue weighted by Gasteiger charge is -2.28. The van der Waals surface area contributed by atoms with E-state index in [-0.39, 0.29) is 0 Å². The summed E-state index contributed by atoms with van der Waals surface area (Å²) in [6.45, 7) is 5.91. The number of aromatic nitrogens is 3. The minimum atomic E-state index is -0.619. The molecular weight excluding hydrogens is 394 g/mol. The molecule has 4 rings (SSSR count). The molecular formula is C23H25N5O3. The molecule has 0 bridgehead atoms. The van der Waals surface area contributed by atoms with Crippen molar-refractivity contribution in [1.82, 2.24) is 14.8 Å². The number of nitrogens with one attached hydrogen (secondary N) is 1. The Hall–Kier alpha value is -3.81. The molecule has 1 amide bonds. The zero-order chi connectivity index (χ0) is 22.3. The van der Waals surface area contributed by atoms with Gasteiger partial charge < -0.3 is 20.5 Å². The summed E-state index contributed by atoms with van der Waals surface area (Å²) in [5.74, 6) is 1.75. The standard InChI is InChI=1S/C23H25N5O3/c1-12-6-7-15(10-13(12)2)22-26-23-25-14(3)19(21(24)29)20(28(23)27-22)17-11-16(30-4)8-9-18(17)31-5/h6-11,20H,1-5H3,(H2,24,29)(H,25,26,27). The number of primary amides is 1. The van der Waals surface area contributed by atoms with Gasteiger partial charge in [0.2, 0.25) is 11.9 Å². The number of anilines is 1. The van der Waals surface area contributed by atoms with E-state index in [9.17, 15) is 4.79 Å². The average Bonchev–Trinajstić information content (AvgIpc) is 3.17. The van der Waals surface area contributed by atoms with Crippen LogP contribution in [0.25, 0.3) is 11.4 Å². The van der Waals surface area contributed by atoms with E-state index in [1.165, 1.54) is 5.56 Å². The maximum atomic E-state index is 12.5. The first-order valence-electron chi connectivity index (χ1n) is 9.87. The van der Waals surface area contributed by atoms with Gasteiger partial charge in [-0.05, 0) is 56.2 Å². The summed E-state index contributed by atoms with van der Waals surface area (Å²) in [6, 6.07) is 10.9. The topological polar surface area (TPSA) is 104 Å². The number of methoxy groups -OCH3 is 2. The van der Waals surface area contributed by atoms with Crippen molar-refractivity contribution in [2.45, 2.75) is 26.8 Å². The third-order valence-corrected chi connectivity index (χ3v) is 5.61. The van der Waals surface area contributed by atoms with Crippen molar-refractivity contribution in [3.8, 4) is 22.9 Å². The molecule has 3 aromatic rings. The number of nitrogens with zero attached hydrogens (tertiary/aromatic N) is 3. The molecule has 0 fully saturated rings. The highest BCUT2D eigenvalue weighted by Crippen LogP contribution is 2.41. The van der Waals surface area contributed by atoms with Crippen LogP contribution >= 0.6 is 0 Å². The third kappa shape index (κ3) is 3.50. The number of carbonyl (C=O) groups excluding carboxylic acids is 1. The summed E-state index contributed by atoms with van der Waals surface area (Å²) in [4.78, 5) is 17.2. The molecule has 8 nitrogen and oxygen atoms in total. The van der Waals surface area contributed by atoms with Crippen LogP contribution in [0.15, 0.2) is 47.7 Å². The number of benzene rings is 2. The fourth-order valence-corrected chi connectivity index (χ4v) is 3.81. The molecule has 0 aliphatic carbocycles. The quantitative estimate of drug-likeness (QED) is 0.657. The number of aryl methyl sites for hydroxylation is 2. The highest BCUT2D eigenvalue weighted by molar-refractivity contribution is 5.95. The van der Waals surface area contributed by atoms with E-state index in [4.69, 9.17) is 25.3 Å². The lowest BCUT2D eigenvalue weighted by Crippen LogP contribution is -2.32. The molecule has 1 atom stereocenters. The minimum absolute atomic E-state index is 0.385. The first kappa shape index (κ1) is 20.5. The summed E-state index contributed by atoms with van der Waals surface area (Å²) in [7, 11) is 3.17. The van der Waals surface area contributed by atoms with Crippen molar-refractivity contribution in [3.05, 3.63) is 64.4 Å². The Bertz CT molecular complexity index is 1210. The highest BCUT2D eigenvalue weighted by Gasteiger charge is 2.35. The van der Waals surface area contributed by atoms with E-state index in [1.807, 2.05) is 31.2 Å². The van der Waals surface area contributed by atoms with Gasteiger partial charge in [0.25, 0.3) is 0 Å². The normalized spacial score (nSPS) is 15.3. The van der Waals surface area contributed by atoms with Gasteiger partial charge in [0.05, 0.1) is 19.8 Å². The second-order valence-corrected chi connectivity index (χ2v) is 7.54. The van der Waals surface area contributed by atoms with Crippen molar-refractivity contribution < 1.29 is 14.3 Å². The SMILES string of the molecule is COc1ccc(OC)c(C2C(C(N)=O)=C(C)Nc3nc(-c4ccc(C)c(C)c4)nn32)c1.